The zero-order valence-corrected chi connectivity index (χ0v) is 15.9. The van der Waals surface area contributed by atoms with Crippen molar-refractivity contribution in [3.8, 4) is 0 Å². The Morgan fingerprint density at radius 3 is 2.33 bits per heavy atom. The van der Waals surface area contributed by atoms with Crippen molar-refractivity contribution in [1.82, 2.24) is 15.6 Å². The number of nitrogens with zero attached hydrogens (tertiary/aromatic N) is 3. The van der Waals surface area contributed by atoms with Crippen molar-refractivity contribution >= 4 is 35.1 Å². The predicted molar refractivity (Wildman–Crippen MR) is 99.3 cm³/mol. The molecule has 0 unspecified atom stereocenters. The predicted octanol–water partition coefficient (Wildman–Crippen LogP) is 3.18. The van der Waals surface area contributed by atoms with E-state index in [-0.39, 0.29) is 5.56 Å². The van der Waals surface area contributed by atoms with Gasteiger partial charge in [0.1, 0.15) is 5.60 Å². The monoisotopic (exact) mass is 390 g/mol. The van der Waals surface area contributed by atoms with E-state index < -0.39 is 29.8 Å². The minimum absolute atomic E-state index is 0.246. The molecular formula is C18H19ClN4O4. The van der Waals surface area contributed by atoms with E-state index in [0.717, 1.165) is 5.01 Å². The Morgan fingerprint density at radius 1 is 1.11 bits per heavy atom. The van der Waals surface area contributed by atoms with Crippen molar-refractivity contribution in [3.05, 3.63) is 53.3 Å². The molecule has 2 amide bonds. The first-order chi connectivity index (χ1) is 12.7. The Kier molecular flexibility index (Phi) is 6.46. The van der Waals surface area contributed by atoms with Crippen LogP contribution in [0.2, 0.25) is 5.02 Å². The summed E-state index contributed by atoms with van der Waals surface area (Å²) in [4.78, 5) is 36.9. The van der Waals surface area contributed by atoms with E-state index in [0.29, 0.717) is 10.7 Å². The number of carbonyl (C=O) groups is 3. The number of benzene rings is 1. The maximum absolute atomic E-state index is 12.5. The summed E-state index contributed by atoms with van der Waals surface area (Å²) < 4.78 is 5.31. The first kappa shape index (κ1) is 20.3. The lowest BCUT2D eigenvalue weighted by atomic mass is 10.1. The minimum Gasteiger partial charge on any atom is -0.442 e. The van der Waals surface area contributed by atoms with Crippen molar-refractivity contribution in [2.75, 3.05) is 5.01 Å². The van der Waals surface area contributed by atoms with Gasteiger partial charge in [0.25, 0.3) is 0 Å². The van der Waals surface area contributed by atoms with Gasteiger partial charge in [0.15, 0.2) is 5.78 Å². The number of hydrogen-bond acceptors (Lipinski definition) is 6. The van der Waals surface area contributed by atoms with Crippen LogP contribution in [-0.4, -0.2) is 33.6 Å². The van der Waals surface area contributed by atoms with Crippen molar-refractivity contribution in [1.29, 1.82) is 0 Å². The van der Waals surface area contributed by atoms with Gasteiger partial charge in [0, 0.05) is 10.6 Å². The van der Waals surface area contributed by atoms with Crippen LogP contribution in [0.3, 0.4) is 0 Å². The molecule has 2 aromatic rings. The van der Waals surface area contributed by atoms with E-state index in [1.807, 2.05) is 0 Å². The Balaban J connectivity index is 2.15. The van der Waals surface area contributed by atoms with Crippen LogP contribution in [0.15, 0.2) is 42.7 Å². The zero-order chi connectivity index (χ0) is 20.0. The molecule has 0 aliphatic heterocycles. The van der Waals surface area contributed by atoms with Gasteiger partial charge in [-0.25, -0.2) is 4.79 Å². The van der Waals surface area contributed by atoms with E-state index in [1.54, 1.807) is 45.0 Å². The molecule has 0 saturated carbocycles. The van der Waals surface area contributed by atoms with E-state index >= 15 is 0 Å². The van der Waals surface area contributed by atoms with Crippen LogP contribution in [0.4, 0.5) is 10.5 Å². The Labute approximate surface area is 161 Å². The molecule has 0 radical (unpaired) electrons. The molecule has 1 N–H and O–H groups in total. The highest BCUT2D eigenvalue weighted by Gasteiger charge is 2.26. The quantitative estimate of drug-likeness (QED) is 0.488. The van der Waals surface area contributed by atoms with Gasteiger partial charge >= 0.3 is 6.09 Å². The minimum atomic E-state index is -0.795. The van der Waals surface area contributed by atoms with Gasteiger partial charge in [-0.1, -0.05) is 11.6 Å². The number of hydrazine groups is 1. The molecule has 0 saturated heterocycles. The summed E-state index contributed by atoms with van der Waals surface area (Å²) in [7, 11) is 0. The summed E-state index contributed by atoms with van der Waals surface area (Å²) in [6.07, 6.45) is 1.35. The molecular weight excluding hydrogens is 372 g/mol. The second kappa shape index (κ2) is 8.59. The maximum atomic E-state index is 12.5. The third kappa shape index (κ3) is 6.34. The summed E-state index contributed by atoms with van der Waals surface area (Å²) in [6, 6.07) is 7.66. The molecule has 0 aliphatic carbocycles. The SMILES string of the molecule is CC(C)(C)OC(=O)N(NC(=O)CC(=O)c1ccnnc1)c1ccc(Cl)cc1. The molecule has 142 valence electrons. The molecule has 0 bridgehead atoms. The smallest absolute Gasteiger partial charge is 0.434 e. The molecule has 0 aliphatic rings. The van der Waals surface area contributed by atoms with Crippen LogP contribution < -0.4 is 10.4 Å². The molecule has 9 heteroatoms. The summed E-state index contributed by atoms with van der Waals surface area (Å²) in [6.45, 7) is 5.10. The first-order valence-corrected chi connectivity index (χ1v) is 8.41. The number of nitrogens with one attached hydrogen (secondary N) is 1. The number of ether oxygens (including phenoxy) is 1. The lowest BCUT2D eigenvalue weighted by molar-refractivity contribution is -0.120. The van der Waals surface area contributed by atoms with Crippen molar-refractivity contribution in [2.24, 2.45) is 0 Å². The lowest BCUT2D eigenvalue weighted by Crippen LogP contribution is -2.49. The summed E-state index contributed by atoms with van der Waals surface area (Å²) in [5.41, 5.74) is 2.20. The summed E-state index contributed by atoms with van der Waals surface area (Å²) in [5, 5.41) is 8.57. The van der Waals surface area contributed by atoms with E-state index in [4.69, 9.17) is 16.3 Å². The fourth-order valence-electron chi connectivity index (χ4n) is 1.98. The molecule has 0 atom stereocenters. The molecule has 1 aromatic carbocycles. The number of rotatable bonds is 4. The number of ketones is 1. The molecule has 27 heavy (non-hydrogen) atoms. The molecule has 0 spiro atoms. The normalized spacial score (nSPS) is 10.8. The Bertz CT molecular complexity index is 820. The number of amides is 2. The van der Waals surface area contributed by atoms with Gasteiger partial charge in [-0.3, -0.25) is 15.0 Å². The second-order valence-electron chi connectivity index (χ2n) is 6.56. The van der Waals surface area contributed by atoms with Gasteiger partial charge in [-0.05, 0) is 51.1 Å². The van der Waals surface area contributed by atoms with Gasteiger partial charge in [-0.2, -0.15) is 15.2 Å². The average Bonchev–Trinajstić information content (AvgIpc) is 2.60. The fourth-order valence-corrected chi connectivity index (χ4v) is 2.11. The van der Waals surface area contributed by atoms with Crippen LogP contribution in [0, 0.1) is 0 Å². The number of halogens is 1. The van der Waals surface area contributed by atoms with Gasteiger partial charge in [-0.15, -0.1) is 0 Å². The molecule has 0 fully saturated rings. The van der Waals surface area contributed by atoms with E-state index in [2.05, 4.69) is 15.6 Å². The van der Waals surface area contributed by atoms with Gasteiger partial charge in [0.2, 0.25) is 5.91 Å². The third-order valence-corrected chi connectivity index (χ3v) is 3.38. The van der Waals surface area contributed by atoms with Crippen LogP contribution in [-0.2, 0) is 9.53 Å². The van der Waals surface area contributed by atoms with E-state index in [1.165, 1.54) is 18.5 Å². The van der Waals surface area contributed by atoms with E-state index in [9.17, 15) is 14.4 Å². The standard InChI is InChI=1S/C18H19ClN4O4/c1-18(2,3)27-17(26)23(14-6-4-13(19)5-7-14)22-16(25)10-15(24)12-8-9-20-21-11-12/h4-9,11H,10H2,1-3H3,(H,22,25). The highest BCUT2D eigenvalue weighted by atomic mass is 35.5. The van der Waals surface area contributed by atoms with Crippen LogP contribution in [0.1, 0.15) is 37.6 Å². The molecule has 1 aromatic heterocycles. The number of anilines is 1. The topological polar surface area (TPSA) is 101 Å². The number of Topliss-reactive ketones (excluding diaryl/α,β-unsaturated/α-hetero) is 1. The van der Waals surface area contributed by atoms with Crippen LogP contribution >= 0.6 is 11.6 Å². The Hall–Kier alpha value is -3.00. The van der Waals surface area contributed by atoms with Crippen LogP contribution in [0.5, 0.6) is 0 Å². The largest absolute Gasteiger partial charge is 0.442 e. The number of carbonyl (C=O) groups excluding carboxylic acids is 3. The maximum Gasteiger partial charge on any atom is 0.434 e. The second-order valence-corrected chi connectivity index (χ2v) is 6.99. The molecule has 1 heterocycles. The number of hydrogen-bond donors (Lipinski definition) is 1. The summed E-state index contributed by atoms with van der Waals surface area (Å²) >= 11 is 5.87. The lowest BCUT2D eigenvalue weighted by Gasteiger charge is -2.27. The highest BCUT2D eigenvalue weighted by molar-refractivity contribution is 6.30. The van der Waals surface area contributed by atoms with Gasteiger partial charge in [0.05, 0.1) is 24.5 Å². The summed E-state index contributed by atoms with van der Waals surface area (Å²) in [5.74, 6) is -1.14. The third-order valence-electron chi connectivity index (χ3n) is 3.12. The Morgan fingerprint density at radius 2 is 1.78 bits per heavy atom. The zero-order valence-electron chi connectivity index (χ0n) is 15.1. The first-order valence-electron chi connectivity index (χ1n) is 8.04. The fraction of sp³-hybridized carbons (Fsp3) is 0.278. The highest BCUT2D eigenvalue weighted by Crippen LogP contribution is 2.19. The van der Waals surface area contributed by atoms with Crippen LogP contribution in [0.25, 0.3) is 0 Å². The molecule has 8 nitrogen and oxygen atoms in total. The molecule has 2 rings (SSSR count). The van der Waals surface area contributed by atoms with Crippen molar-refractivity contribution in [3.63, 3.8) is 0 Å². The van der Waals surface area contributed by atoms with Crippen molar-refractivity contribution < 1.29 is 19.1 Å². The van der Waals surface area contributed by atoms with Crippen molar-refractivity contribution in [2.45, 2.75) is 32.8 Å². The average molecular weight is 391 g/mol. The van der Waals surface area contributed by atoms with Gasteiger partial charge < -0.3 is 4.74 Å². The number of aromatic nitrogens is 2.